The van der Waals surface area contributed by atoms with Gasteiger partial charge in [0.15, 0.2) is 0 Å². The molecule has 0 aromatic heterocycles. The fourth-order valence-electron chi connectivity index (χ4n) is 0.606. The van der Waals surface area contributed by atoms with Crippen LogP contribution in [-0.4, -0.2) is 13.3 Å². The zero-order valence-corrected chi connectivity index (χ0v) is 7.14. The van der Waals surface area contributed by atoms with Crippen LogP contribution in [-0.2, 0) is 4.74 Å². The maximum absolute atomic E-state index is 5.03. The minimum Gasteiger partial charge on any atom is -0.481 e. The summed E-state index contributed by atoms with van der Waals surface area (Å²) >= 11 is 0. The Balaban J connectivity index is 4.29. The zero-order valence-electron chi connectivity index (χ0n) is 7.14. The first-order valence-electron chi connectivity index (χ1n) is 3.48. The van der Waals surface area contributed by atoms with Crippen LogP contribution < -0.4 is 0 Å². The molecule has 0 spiro atoms. The molecule has 0 rings (SSSR count). The van der Waals surface area contributed by atoms with E-state index in [9.17, 15) is 0 Å². The van der Waals surface area contributed by atoms with E-state index in [1.54, 1.807) is 13.3 Å². The smallest absolute Gasteiger partial charge is 0.211 e. The van der Waals surface area contributed by atoms with Crippen LogP contribution in [0.25, 0.3) is 0 Å². The van der Waals surface area contributed by atoms with E-state index < -0.39 is 0 Å². The number of nitrogens with zero attached hydrogens (tertiary/aromatic N) is 1. The number of rotatable bonds is 3. The average Bonchev–Trinajstić information content (AvgIpc) is 1.99. The van der Waals surface area contributed by atoms with Gasteiger partial charge in [-0.05, 0) is 25.8 Å². The highest BCUT2D eigenvalue weighted by Crippen LogP contribution is 2.08. The molecule has 0 radical (unpaired) electrons. The predicted octanol–water partition coefficient (Wildman–Crippen LogP) is 2.37. The summed E-state index contributed by atoms with van der Waals surface area (Å²) < 4.78 is 5.03. The Morgan fingerprint density at radius 2 is 2.20 bits per heavy atom. The van der Waals surface area contributed by atoms with Crippen molar-refractivity contribution in [1.82, 2.24) is 0 Å². The fourth-order valence-corrected chi connectivity index (χ4v) is 0.606. The molecule has 0 heterocycles. The van der Waals surface area contributed by atoms with Gasteiger partial charge in [0.1, 0.15) is 0 Å². The Hall–Kier alpha value is -0.790. The van der Waals surface area contributed by atoms with Gasteiger partial charge in [-0.1, -0.05) is 6.92 Å². The Bertz CT molecular complexity index is 147. The minimum absolute atomic E-state index is 0.741. The van der Waals surface area contributed by atoms with E-state index in [0.29, 0.717) is 0 Å². The van der Waals surface area contributed by atoms with Crippen LogP contribution in [0.5, 0.6) is 0 Å². The van der Waals surface area contributed by atoms with Crippen LogP contribution in [0.15, 0.2) is 16.4 Å². The summed E-state index contributed by atoms with van der Waals surface area (Å²) in [4.78, 5) is 4.05. The van der Waals surface area contributed by atoms with E-state index in [1.165, 1.54) is 5.57 Å². The molecule has 0 saturated carbocycles. The van der Waals surface area contributed by atoms with Crippen molar-refractivity contribution >= 4 is 6.21 Å². The zero-order chi connectivity index (χ0) is 7.98. The molecule has 0 atom stereocenters. The number of methoxy groups -OCH3 is 1. The Kier molecular flexibility index (Phi) is 4.63. The molecule has 0 bridgehead atoms. The molecule has 0 aliphatic heterocycles. The molecule has 0 fully saturated rings. The van der Waals surface area contributed by atoms with Gasteiger partial charge in [-0.15, -0.1) is 0 Å². The fraction of sp³-hybridized carbons (Fsp3) is 0.625. The normalized spacial score (nSPS) is 13.6. The van der Waals surface area contributed by atoms with Gasteiger partial charge in [0.25, 0.3) is 0 Å². The number of ether oxygens (including phenoxy) is 1. The number of hydrogen-bond donors (Lipinski definition) is 0. The van der Waals surface area contributed by atoms with Crippen molar-refractivity contribution < 1.29 is 4.74 Å². The van der Waals surface area contributed by atoms with Crippen LogP contribution in [0.4, 0.5) is 0 Å². The van der Waals surface area contributed by atoms with Crippen molar-refractivity contribution in [2.24, 2.45) is 4.99 Å². The summed E-state index contributed by atoms with van der Waals surface area (Å²) in [6, 6.07) is 0. The topological polar surface area (TPSA) is 21.6 Å². The van der Waals surface area contributed by atoms with Crippen molar-refractivity contribution in [1.29, 1.82) is 0 Å². The Morgan fingerprint density at radius 1 is 1.60 bits per heavy atom. The van der Waals surface area contributed by atoms with E-state index in [1.807, 2.05) is 13.8 Å². The summed E-state index contributed by atoms with van der Waals surface area (Å²) in [5.74, 6) is 0.741. The number of aliphatic imine (C=N–C) groups is 1. The summed E-state index contributed by atoms with van der Waals surface area (Å²) in [5.41, 5.74) is 1.18. The first kappa shape index (κ1) is 9.21. The first-order valence-corrected chi connectivity index (χ1v) is 3.48. The molecule has 10 heavy (non-hydrogen) atoms. The van der Waals surface area contributed by atoms with Crippen LogP contribution >= 0.6 is 0 Å². The van der Waals surface area contributed by atoms with Crippen molar-refractivity contribution in [2.45, 2.75) is 27.2 Å². The molecule has 0 unspecified atom stereocenters. The van der Waals surface area contributed by atoms with E-state index in [-0.39, 0.29) is 0 Å². The lowest BCUT2D eigenvalue weighted by Crippen LogP contribution is -1.87. The summed E-state index contributed by atoms with van der Waals surface area (Å²) in [5, 5.41) is 0. The summed E-state index contributed by atoms with van der Waals surface area (Å²) in [6.45, 7) is 5.98. The van der Waals surface area contributed by atoms with E-state index >= 15 is 0 Å². The van der Waals surface area contributed by atoms with Crippen molar-refractivity contribution in [2.75, 3.05) is 7.11 Å². The highest BCUT2D eigenvalue weighted by atomic mass is 16.5. The Labute approximate surface area is 62.6 Å². The maximum atomic E-state index is 5.03. The third-order valence-corrected chi connectivity index (χ3v) is 1.34. The number of allylic oxidation sites excluding steroid dienone is 1. The van der Waals surface area contributed by atoms with Gasteiger partial charge >= 0.3 is 0 Å². The predicted molar refractivity (Wildman–Crippen MR) is 44.2 cm³/mol. The Morgan fingerprint density at radius 3 is 2.50 bits per heavy atom. The van der Waals surface area contributed by atoms with Crippen LogP contribution in [0, 0.1) is 0 Å². The third kappa shape index (κ3) is 2.67. The van der Waals surface area contributed by atoms with Gasteiger partial charge in [0.05, 0.1) is 7.11 Å². The van der Waals surface area contributed by atoms with Gasteiger partial charge in [-0.25, -0.2) is 4.99 Å². The van der Waals surface area contributed by atoms with E-state index in [4.69, 9.17) is 4.74 Å². The molecule has 0 aliphatic rings. The molecule has 2 heteroatoms. The minimum atomic E-state index is 0.741. The van der Waals surface area contributed by atoms with Gasteiger partial charge in [-0.3, -0.25) is 0 Å². The van der Waals surface area contributed by atoms with Crippen LogP contribution in [0.2, 0.25) is 0 Å². The van der Waals surface area contributed by atoms with E-state index in [2.05, 4.69) is 11.9 Å². The molecule has 0 aromatic carbocycles. The highest BCUT2D eigenvalue weighted by Gasteiger charge is 1.95. The first-order chi connectivity index (χ1) is 4.76. The molecular weight excluding hydrogens is 126 g/mol. The monoisotopic (exact) mass is 141 g/mol. The second kappa shape index (κ2) is 5.03. The lowest BCUT2D eigenvalue weighted by Gasteiger charge is -2.02. The summed E-state index contributed by atoms with van der Waals surface area (Å²) in [7, 11) is 1.64. The molecule has 2 nitrogen and oxygen atoms in total. The summed E-state index contributed by atoms with van der Waals surface area (Å²) in [6.07, 6.45) is 2.72. The molecule has 0 N–H and O–H groups in total. The van der Waals surface area contributed by atoms with Gasteiger partial charge < -0.3 is 4.74 Å². The average molecular weight is 141 g/mol. The standard InChI is InChI=1S/C8H15NO/c1-5-7(3)8(10-4)9-6-2/h6H,5H2,1-4H3/b8-7-,9-6-. The van der Waals surface area contributed by atoms with Crippen molar-refractivity contribution in [3.63, 3.8) is 0 Å². The lowest BCUT2D eigenvalue weighted by atomic mass is 10.2. The largest absolute Gasteiger partial charge is 0.481 e. The third-order valence-electron chi connectivity index (χ3n) is 1.34. The van der Waals surface area contributed by atoms with Crippen molar-refractivity contribution in [3.8, 4) is 0 Å². The van der Waals surface area contributed by atoms with Crippen LogP contribution in [0.3, 0.4) is 0 Å². The molecule has 0 saturated heterocycles. The van der Waals surface area contributed by atoms with Gasteiger partial charge in [0.2, 0.25) is 5.88 Å². The molecule has 0 aromatic rings. The van der Waals surface area contributed by atoms with Gasteiger partial charge in [-0.2, -0.15) is 0 Å². The highest BCUT2D eigenvalue weighted by molar-refractivity contribution is 5.54. The molecular formula is C8H15NO. The SMILES string of the molecule is C/C=N\C(OC)=C(/C)CC. The van der Waals surface area contributed by atoms with Crippen molar-refractivity contribution in [3.05, 3.63) is 11.5 Å². The lowest BCUT2D eigenvalue weighted by molar-refractivity contribution is 0.283. The van der Waals surface area contributed by atoms with E-state index in [0.717, 1.165) is 12.3 Å². The molecule has 0 amide bonds. The maximum Gasteiger partial charge on any atom is 0.211 e. The quantitative estimate of drug-likeness (QED) is 0.436. The van der Waals surface area contributed by atoms with Crippen LogP contribution in [0.1, 0.15) is 27.2 Å². The second-order valence-electron chi connectivity index (χ2n) is 2.03. The second-order valence-corrected chi connectivity index (χ2v) is 2.03. The molecule has 0 aliphatic carbocycles. The molecule has 58 valence electrons. The number of hydrogen-bond acceptors (Lipinski definition) is 2. The van der Waals surface area contributed by atoms with Gasteiger partial charge in [0, 0.05) is 6.21 Å².